The van der Waals surface area contributed by atoms with Crippen molar-refractivity contribution in [2.24, 2.45) is 0 Å². The second-order valence-electron chi connectivity index (χ2n) is 5.98. The molecule has 0 aromatic heterocycles. The highest BCUT2D eigenvalue weighted by Gasteiger charge is 2.50. The number of aliphatic hydroxyl groups is 1. The number of rotatable bonds is 0. The van der Waals surface area contributed by atoms with Crippen LogP contribution in [0.15, 0.2) is 41.2 Å². The van der Waals surface area contributed by atoms with Crippen molar-refractivity contribution in [3.63, 3.8) is 0 Å². The molecule has 1 saturated carbocycles. The molecule has 2 heteroatoms. The minimum absolute atomic E-state index is 0.114. The maximum absolute atomic E-state index is 10.4. The lowest BCUT2D eigenvalue weighted by Crippen LogP contribution is -2.23. The number of allylic oxidation sites excluding steroid dienone is 4. The third kappa shape index (κ3) is 1.32. The molecule has 19 heavy (non-hydrogen) atoms. The van der Waals surface area contributed by atoms with Gasteiger partial charge in [-0.05, 0) is 49.3 Å². The molecule has 0 aliphatic heterocycles. The van der Waals surface area contributed by atoms with E-state index in [1.54, 1.807) is 6.07 Å². The quantitative estimate of drug-likeness (QED) is 0.737. The summed E-state index contributed by atoms with van der Waals surface area (Å²) in [4.78, 5) is 0. The Morgan fingerprint density at radius 1 is 1.00 bits per heavy atom. The minimum atomic E-state index is -0.114. The molecule has 0 bridgehead atoms. The molecule has 0 radical (unpaired) electrons. The van der Waals surface area contributed by atoms with Crippen molar-refractivity contribution in [3.05, 3.63) is 52.3 Å². The summed E-state index contributed by atoms with van der Waals surface area (Å²) in [7, 11) is 0. The van der Waals surface area contributed by atoms with Crippen molar-refractivity contribution in [3.8, 4) is 5.75 Å². The van der Waals surface area contributed by atoms with Gasteiger partial charge in [0.15, 0.2) is 0 Å². The second kappa shape index (κ2) is 3.66. The van der Waals surface area contributed by atoms with Crippen molar-refractivity contribution >= 4 is 0 Å². The van der Waals surface area contributed by atoms with Crippen LogP contribution in [0.25, 0.3) is 0 Å². The third-order valence-electron chi connectivity index (χ3n) is 5.11. The van der Waals surface area contributed by atoms with E-state index >= 15 is 0 Å². The predicted octanol–water partition coefficient (Wildman–Crippen LogP) is 3.90. The fourth-order valence-electron chi connectivity index (χ4n) is 4.40. The monoisotopic (exact) mass is 254 g/mol. The molecule has 2 nitrogen and oxygen atoms in total. The summed E-state index contributed by atoms with van der Waals surface area (Å²) in [5, 5.41) is 20.7. The minimum Gasteiger partial charge on any atom is -0.512 e. The van der Waals surface area contributed by atoms with E-state index in [-0.39, 0.29) is 5.41 Å². The first kappa shape index (κ1) is 11.2. The molecule has 1 fully saturated rings. The first-order chi connectivity index (χ1) is 9.22. The summed E-state index contributed by atoms with van der Waals surface area (Å²) in [5.74, 6) is 0.966. The summed E-state index contributed by atoms with van der Waals surface area (Å²) in [6, 6.07) is 5.83. The van der Waals surface area contributed by atoms with Crippen LogP contribution >= 0.6 is 0 Å². The molecule has 4 rings (SSSR count). The molecule has 3 aliphatic rings. The van der Waals surface area contributed by atoms with Gasteiger partial charge >= 0.3 is 0 Å². The zero-order chi connectivity index (χ0) is 13.0. The van der Waals surface area contributed by atoms with Crippen LogP contribution in [0.1, 0.15) is 43.2 Å². The molecular formula is C17H18O2. The van der Waals surface area contributed by atoms with E-state index in [9.17, 15) is 10.2 Å². The van der Waals surface area contributed by atoms with Gasteiger partial charge in [-0.25, -0.2) is 0 Å². The summed E-state index contributed by atoms with van der Waals surface area (Å²) in [5.41, 5.74) is 4.68. The molecule has 0 amide bonds. The van der Waals surface area contributed by atoms with Gasteiger partial charge in [0.25, 0.3) is 0 Å². The Morgan fingerprint density at radius 2 is 1.84 bits per heavy atom. The van der Waals surface area contributed by atoms with Gasteiger partial charge in [0.2, 0.25) is 0 Å². The average molecular weight is 254 g/mol. The molecule has 1 atom stereocenters. The molecule has 98 valence electrons. The van der Waals surface area contributed by atoms with Gasteiger partial charge in [-0.15, -0.1) is 0 Å². The molecule has 2 N–H and O–H groups in total. The molecule has 0 saturated heterocycles. The van der Waals surface area contributed by atoms with Crippen molar-refractivity contribution in [1.82, 2.24) is 0 Å². The summed E-state index contributed by atoms with van der Waals surface area (Å²) in [6.07, 6.45) is 8.08. The highest BCUT2D eigenvalue weighted by molar-refractivity contribution is 5.61. The second-order valence-corrected chi connectivity index (χ2v) is 5.98. The lowest BCUT2D eigenvalue weighted by atomic mass is 9.74. The molecule has 0 unspecified atom stereocenters. The molecule has 1 spiro atoms. The van der Waals surface area contributed by atoms with Crippen LogP contribution in [0.4, 0.5) is 0 Å². The van der Waals surface area contributed by atoms with Crippen LogP contribution in [0.3, 0.4) is 0 Å². The lowest BCUT2D eigenvalue weighted by molar-refractivity contribution is 0.360. The van der Waals surface area contributed by atoms with E-state index in [4.69, 9.17) is 0 Å². The van der Waals surface area contributed by atoms with Gasteiger partial charge in [0, 0.05) is 23.0 Å². The van der Waals surface area contributed by atoms with Crippen molar-refractivity contribution < 1.29 is 10.2 Å². The number of aliphatic hydroxyl groups excluding tert-OH is 1. The Labute approximate surface area is 113 Å². The van der Waals surface area contributed by atoms with Gasteiger partial charge in [-0.3, -0.25) is 0 Å². The van der Waals surface area contributed by atoms with Crippen LogP contribution in [0.5, 0.6) is 5.75 Å². The summed E-state index contributed by atoms with van der Waals surface area (Å²) in [6.45, 7) is 0. The summed E-state index contributed by atoms with van der Waals surface area (Å²) >= 11 is 0. The van der Waals surface area contributed by atoms with Gasteiger partial charge in [-0.1, -0.05) is 18.2 Å². The van der Waals surface area contributed by atoms with Crippen molar-refractivity contribution in [1.29, 1.82) is 0 Å². The van der Waals surface area contributed by atoms with Crippen molar-refractivity contribution in [2.75, 3.05) is 0 Å². The number of hydrogen-bond donors (Lipinski definition) is 2. The van der Waals surface area contributed by atoms with Crippen LogP contribution in [0.2, 0.25) is 0 Å². The Kier molecular flexibility index (Phi) is 2.15. The van der Waals surface area contributed by atoms with Gasteiger partial charge in [-0.2, -0.15) is 0 Å². The number of hydrogen-bond acceptors (Lipinski definition) is 2. The third-order valence-corrected chi connectivity index (χ3v) is 5.11. The zero-order valence-electron chi connectivity index (χ0n) is 10.9. The van der Waals surface area contributed by atoms with Crippen LogP contribution in [-0.4, -0.2) is 10.2 Å². The standard InChI is InChI=1S/C17H18O2/c18-13-5-1-3-11-7-9-17(15(11)13)10-8-12-4-2-6-14(19)16(12)17/h1,3-5,18-19H,2,6-10H2/t17-/m1/s1. The number of aromatic hydroxyl groups is 1. The number of aryl methyl sites for hydroxylation is 1. The van der Waals surface area contributed by atoms with Crippen LogP contribution in [-0.2, 0) is 11.8 Å². The first-order valence-corrected chi connectivity index (χ1v) is 7.16. The highest BCUT2D eigenvalue weighted by atomic mass is 16.3. The summed E-state index contributed by atoms with van der Waals surface area (Å²) < 4.78 is 0. The Balaban J connectivity index is 1.98. The number of fused-ring (bicyclic) bond motifs is 4. The molecule has 3 aliphatic carbocycles. The number of phenolic OH excluding ortho intramolecular Hbond substituents is 1. The largest absolute Gasteiger partial charge is 0.512 e. The van der Waals surface area contributed by atoms with E-state index in [1.165, 1.54) is 11.1 Å². The molecule has 0 heterocycles. The van der Waals surface area contributed by atoms with Crippen LogP contribution in [0, 0.1) is 0 Å². The first-order valence-electron chi connectivity index (χ1n) is 7.16. The molecule has 1 aromatic rings. The van der Waals surface area contributed by atoms with Crippen molar-refractivity contribution in [2.45, 2.75) is 43.9 Å². The molecular weight excluding hydrogens is 236 g/mol. The normalized spacial score (nSPS) is 28.5. The maximum Gasteiger partial charge on any atom is 0.119 e. The fraction of sp³-hybridized carbons (Fsp3) is 0.412. The number of benzene rings is 1. The molecule has 1 aromatic carbocycles. The van der Waals surface area contributed by atoms with Gasteiger partial charge in [0.1, 0.15) is 5.75 Å². The Morgan fingerprint density at radius 3 is 2.74 bits per heavy atom. The van der Waals surface area contributed by atoms with E-state index < -0.39 is 0 Å². The predicted molar refractivity (Wildman–Crippen MR) is 74.3 cm³/mol. The van der Waals surface area contributed by atoms with Gasteiger partial charge < -0.3 is 10.2 Å². The average Bonchev–Trinajstić information content (AvgIpc) is 2.96. The Hall–Kier alpha value is -1.70. The van der Waals surface area contributed by atoms with E-state index in [0.29, 0.717) is 11.5 Å². The van der Waals surface area contributed by atoms with Crippen LogP contribution < -0.4 is 0 Å². The van der Waals surface area contributed by atoms with E-state index in [0.717, 1.165) is 49.7 Å². The SMILES string of the molecule is OC1=C2C(=CCC1)CC[C@@]21CCc2cccc(O)c21. The fourth-order valence-corrected chi connectivity index (χ4v) is 4.40. The smallest absolute Gasteiger partial charge is 0.119 e. The highest BCUT2D eigenvalue weighted by Crippen LogP contribution is 2.59. The Bertz CT molecular complexity index is 624. The van der Waals surface area contributed by atoms with Gasteiger partial charge in [0.05, 0.1) is 5.76 Å². The van der Waals surface area contributed by atoms with E-state index in [1.807, 2.05) is 6.07 Å². The number of phenols is 1. The maximum atomic E-state index is 10.4. The van der Waals surface area contributed by atoms with E-state index in [2.05, 4.69) is 12.1 Å². The lowest BCUT2D eigenvalue weighted by Gasteiger charge is -2.30. The zero-order valence-corrected chi connectivity index (χ0v) is 10.9. The topological polar surface area (TPSA) is 40.5 Å².